The molecule has 2 rings (SSSR count). The molecule has 17 heavy (non-hydrogen) atoms. The van der Waals surface area contributed by atoms with E-state index in [1.165, 1.54) is 7.05 Å². The molecule has 1 aromatic heterocycles. The van der Waals surface area contributed by atoms with E-state index in [9.17, 15) is 13.6 Å². The van der Waals surface area contributed by atoms with E-state index in [0.717, 1.165) is 6.07 Å². The molecule has 0 aliphatic carbocycles. The first-order valence-corrected chi connectivity index (χ1v) is 5.17. The number of aromatic nitrogens is 1. The lowest BCUT2D eigenvalue weighted by molar-refractivity contribution is -0.119. The quantitative estimate of drug-likeness (QED) is 0.730. The minimum Gasteiger partial charge on any atom is -0.371 e. The highest BCUT2D eigenvalue weighted by atomic mass is 19.1. The molecule has 0 aromatic carbocycles. The number of carbonyl (C=O) groups excluding carboxylic acids is 1. The van der Waals surface area contributed by atoms with Crippen LogP contribution in [0.3, 0.4) is 0 Å². The minimum absolute atomic E-state index is 0.0359. The van der Waals surface area contributed by atoms with Crippen LogP contribution in [-0.2, 0) is 4.79 Å². The van der Waals surface area contributed by atoms with Crippen molar-refractivity contribution in [1.29, 1.82) is 0 Å². The average molecular weight is 242 g/mol. The Balaban J connectivity index is 2.17. The number of rotatable bonds is 3. The van der Waals surface area contributed by atoms with Crippen LogP contribution in [0.15, 0.2) is 6.07 Å². The van der Waals surface area contributed by atoms with Gasteiger partial charge >= 0.3 is 0 Å². The number of amides is 1. The van der Waals surface area contributed by atoms with Crippen molar-refractivity contribution >= 4 is 17.5 Å². The zero-order valence-electron chi connectivity index (χ0n) is 9.18. The Labute approximate surface area is 96.6 Å². The number of pyridine rings is 1. The molecular weight excluding hydrogens is 230 g/mol. The summed E-state index contributed by atoms with van der Waals surface area (Å²) in [6.07, 6.45) is 0.257. The van der Waals surface area contributed by atoms with Crippen LogP contribution < -0.4 is 16.0 Å². The monoisotopic (exact) mass is 242 g/mol. The summed E-state index contributed by atoms with van der Waals surface area (Å²) in [4.78, 5) is 14.7. The van der Waals surface area contributed by atoms with Crippen molar-refractivity contribution in [3.63, 3.8) is 0 Å². The fourth-order valence-electron chi connectivity index (χ4n) is 1.64. The highest BCUT2D eigenvalue weighted by Crippen LogP contribution is 2.20. The number of hydrogen-bond acceptors (Lipinski definition) is 4. The normalized spacial score (nSPS) is 19.0. The summed E-state index contributed by atoms with van der Waals surface area (Å²) >= 11 is 0. The molecule has 0 radical (unpaired) electrons. The van der Waals surface area contributed by atoms with Crippen molar-refractivity contribution in [2.24, 2.45) is 0 Å². The van der Waals surface area contributed by atoms with Crippen LogP contribution in [0.1, 0.15) is 6.42 Å². The molecule has 0 bridgehead atoms. The van der Waals surface area contributed by atoms with Gasteiger partial charge in [0.05, 0.1) is 6.04 Å². The number of nitrogens with one attached hydrogen (secondary N) is 3. The third-order valence-electron chi connectivity index (χ3n) is 2.48. The van der Waals surface area contributed by atoms with Crippen LogP contribution in [0.5, 0.6) is 0 Å². The maximum absolute atomic E-state index is 13.4. The summed E-state index contributed by atoms with van der Waals surface area (Å²) in [5, 5.41) is 7.89. The topological polar surface area (TPSA) is 66.1 Å². The summed E-state index contributed by atoms with van der Waals surface area (Å²) in [7, 11) is 1.49. The van der Waals surface area contributed by atoms with Gasteiger partial charge in [0.15, 0.2) is 23.3 Å². The number of nitrogens with zero attached hydrogens (tertiary/aromatic N) is 1. The summed E-state index contributed by atoms with van der Waals surface area (Å²) in [6, 6.07) is 0.533. The van der Waals surface area contributed by atoms with Gasteiger partial charge < -0.3 is 16.0 Å². The molecule has 1 aliphatic heterocycles. The van der Waals surface area contributed by atoms with Crippen molar-refractivity contribution in [3.8, 4) is 0 Å². The van der Waals surface area contributed by atoms with E-state index in [-0.39, 0.29) is 30.0 Å². The van der Waals surface area contributed by atoms with E-state index in [2.05, 4.69) is 20.9 Å². The SMILES string of the molecule is CNc1nc(NC2CNC(=O)C2)c(F)cc1F. The second-order valence-corrected chi connectivity index (χ2v) is 3.75. The second kappa shape index (κ2) is 4.52. The largest absolute Gasteiger partial charge is 0.371 e. The zero-order valence-corrected chi connectivity index (χ0v) is 9.18. The maximum atomic E-state index is 13.4. The van der Waals surface area contributed by atoms with Crippen LogP contribution >= 0.6 is 0 Å². The van der Waals surface area contributed by atoms with Gasteiger partial charge in [-0.15, -0.1) is 0 Å². The first-order chi connectivity index (χ1) is 8.10. The third kappa shape index (κ3) is 2.43. The van der Waals surface area contributed by atoms with Crippen molar-refractivity contribution < 1.29 is 13.6 Å². The molecular formula is C10H12F2N4O. The predicted octanol–water partition coefficient (Wildman–Crippen LogP) is 0.702. The van der Waals surface area contributed by atoms with E-state index in [1.54, 1.807) is 0 Å². The molecule has 1 unspecified atom stereocenters. The molecule has 1 aliphatic rings. The van der Waals surface area contributed by atoms with Gasteiger partial charge in [0, 0.05) is 26.1 Å². The zero-order chi connectivity index (χ0) is 12.4. The fourth-order valence-corrected chi connectivity index (χ4v) is 1.64. The molecule has 92 valence electrons. The van der Waals surface area contributed by atoms with Gasteiger partial charge in [0.25, 0.3) is 0 Å². The highest BCUT2D eigenvalue weighted by Gasteiger charge is 2.23. The van der Waals surface area contributed by atoms with Gasteiger partial charge in [-0.3, -0.25) is 4.79 Å². The van der Waals surface area contributed by atoms with Crippen LogP contribution in [0.4, 0.5) is 20.4 Å². The number of anilines is 2. The fraction of sp³-hybridized carbons (Fsp3) is 0.400. The molecule has 1 atom stereocenters. The van der Waals surface area contributed by atoms with Gasteiger partial charge in [-0.2, -0.15) is 0 Å². The van der Waals surface area contributed by atoms with Crippen LogP contribution in [0.2, 0.25) is 0 Å². The Hall–Kier alpha value is -1.92. The van der Waals surface area contributed by atoms with Crippen molar-refractivity contribution in [2.45, 2.75) is 12.5 Å². The Morgan fingerprint density at radius 1 is 1.41 bits per heavy atom. The van der Waals surface area contributed by atoms with E-state index < -0.39 is 11.6 Å². The predicted molar refractivity (Wildman–Crippen MR) is 58.7 cm³/mol. The minimum atomic E-state index is -0.777. The Morgan fingerprint density at radius 2 is 2.12 bits per heavy atom. The molecule has 0 spiro atoms. The van der Waals surface area contributed by atoms with Gasteiger partial charge in [0.1, 0.15) is 0 Å². The summed E-state index contributed by atoms with van der Waals surface area (Å²) in [5.74, 6) is -1.72. The second-order valence-electron chi connectivity index (χ2n) is 3.75. The van der Waals surface area contributed by atoms with Gasteiger partial charge in [-0.1, -0.05) is 0 Å². The standard InChI is InChI=1S/C10H12F2N4O/c1-13-9-6(11)3-7(12)10(16-9)15-5-2-8(17)14-4-5/h3,5H,2,4H2,1H3,(H,14,17)(H2,13,15,16). The molecule has 1 fully saturated rings. The van der Waals surface area contributed by atoms with E-state index in [1.807, 2.05) is 0 Å². The van der Waals surface area contributed by atoms with Crippen molar-refractivity contribution in [1.82, 2.24) is 10.3 Å². The lowest BCUT2D eigenvalue weighted by Crippen LogP contribution is -2.23. The highest BCUT2D eigenvalue weighted by molar-refractivity contribution is 5.79. The Morgan fingerprint density at radius 3 is 2.71 bits per heavy atom. The molecule has 1 saturated heterocycles. The molecule has 7 heteroatoms. The van der Waals surface area contributed by atoms with Crippen molar-refractivity contribution in [2.75, 3.05) is 24.2 Å². The smallest absolute Gasteiger partial charge is 0.222 e. The summed E-state index contributed by atoms with van der Waals surface area (Å²) < 4.78 is 26.6. The number of hydrogen-bond donors (Lipinski definition) is 3. The number of halogens is 2. The third-order valence-corrected chi connectivity index (χ3v) is 2.48. The first-order valence-electron chi connectivity index (χ1n) is 5.17. The number of carbonyl (C=O) groups is 1. The van der Waals surface area contributed by atoms with Crippen LogP contribution in [-0.4, -0.2) is 30.5 Å². The summed E-state index contributed by atoms with van der Waals surface area (Å²) in [5.41, 5.74) is 0. The Bertz CT molecular complexity index is 452. The van der Waals surface area contributed by atoms with Crippen molar-refractivity contribution in [3.05, 3.63) is 17.7 Å². The van der Waals surface area contributed by atoms with Crippen LogP contribution in [0, 0.1) is 11.6 Å². The van der Waals surface area contributed by atoms with E-state index in [4.69, 9.17) is 0 Å². The average Bonchev–Trinajstić information content (AvgIpc) is 2.68. The molecule has 3 N–H and O–H groups in total. The molecule has 1 aromatic rings. The molecule has 2 heterocycles. The first kappa shape index (κ1) is 11.6. The van der Waals surface area contributed by atoms with Crippen LogP contribution in [0.25, 0.3) is 0 Å². The van der Waals surface area contributed by atoms with E-state index >= 15 is 0 Å². The van der Waals surface area contributed by atoms with Gasteiger partial charge in [-0.05, 0) is 0 Å². The van der Waals surface area contributed by atoms with Gasteiger partial charge in [-0.25, -0.2) is 13.8 Å². The van der Waals surface area contributed by atoms with Gasteiger partial charge in [0.2, 0.25) is 5.91 Å². The maximum Gasteiger partial charge on any atom is 0.222 e. The molecule has 5 nitrogen and oxygen atoms in total. The van der Waals surface area contributed by atoms with E-state index in [0.29, 0.717) is 6.54 Å². The Kier molecular flexibility index (Phi) is 3.08. The molecule has 0 saturated carbocycles. The summed E-state index contributed by atoms with van der Waals surface area (Å²) in [6.45, 7) is 0.409. The lowest BCUT2D eigenvalue weighted by Gasteiger charge is -2.13. The molecule has 1 amide bonds. The lowest BCUT2D eigenvalue weighted by atomic mass is 10.2.